The molecule has 1 aliphatic rings. The van der Waals surface area contributed by atoms with Gasteiger partial charge in [-0.25, -0.2) is 0 Å². The average Bonchev–Trinajstić information content (AvgIpc) is 2.54. The lowest BCUT2D eigenvalue weighted by Crippen LogP contribution is -2.24. The summed E-state index contributed by atoms with van der Waals surface area (Å²) in [7, 11) is 1.57. The van der Waals surface area contributed by atoms with Crippen molar-refractivity contribution in [2.45, 2.75) is 31.8 Å². The van der Waals surface area contributed by atoms with Gasteiger partial charge >= 0.3 is 0 Å². The Labute approximate surface area is 125 Å². The van der Waals surface area contributed by atoms with Crippen molar-refractivity contribution in [2.24, 2.45) is 0 Å². The minimum absolute atomic E-state index is 0.233. The third-order valence-corrected chi connectivity index (χ3v) is 4.21. The standard InChI is InChI=1S/C18H21NO2/c1-21-17-11-5-8-14(18(17)20)12-19-16-10-4-7-13-6-2-3-9-15(13)16/h2-3,5-6,8-9,11,16,19-20H,4,7,10,12H2,1H3. The molecule has 2 N–H and O–H groups in total. The SMILES string of the molecule is COc1cccc(CNC2CCCc3ccccc32)c1O. The number of para-hydroxylation sites is 1. The number of phenols is 1. The van der Waals surface area contributed by atoms with Gasteiger partial charge in [-0.3, -0.25) is 0 Å². The first-order chi connectivity index (χ1) is 10.3. The molecule has 0 fully saturated rings. The number of fused-ring (bicyclic) bond motifs is 1. The number of benzene rings is 2. The molecule has 0 spiro atoms. The summed E-state index contributed by atoms with van der Waals surface area (Å²) in [5.74, 6) is 0.759. The van der Waals surface area contributed by atoms with Gasteiger partial charge in [0.05, 0.1) is 7.11 Å². The Bertz CT molecular complexity index is 624. The molecule has 0 saturated heterocycles. The second kappa shape index (κ2) is 6.19. The zero-order valence-electron chi connectivity index (χ0n) is 12.3. The van der Waals surface area contributed by atoms with Crippen molar-refractivity contribution in [2.75, 3.05) is 7.11 Å². The number of hydrogen-bond donors (Lipinski definition) is 2. The van der Waals surface area contributed by atoms with E-state index in [1.807, 2.05) is 12.1 Å². The van der Waals surface area contributed by atoms with Crippen LogP contribution in [0.1, 0.15) is 35.6 Å². The van der Waals surface area contributed by atoms with E-state index >= 15 is 0 Å². The van der Waals surface area contributed by atoms with Crippen LogP contribution in [0.25, 0.3) is 0 Å². The number of methoxy groups -OCH3 is 1. The van der Waals surface area contributed by atoms with E-state index in [2.05, 4.69) is 29.6 Å². The smallest absolute Gasteiger partial charge is 0.162 e. The highest BCUT2D eigenvalue weighted by atomic mass is 16.5. The number of aromatic hydroxyl groups is 1. The molecule has 3 rings (SSSR count). The van der Waals surface area contributed by atoms with Crippen LogP contribution in [-0.2, 0) is 13.0 Å². The zero-order chi connectivity index (χ0) is 14.7. The van der Waals surface area contributed by atoms with E-state index in [0.717, 1.165) is 12.0 Å². The predicted octanol–water partition coefficient (Wildman–Crippen LogP) is 3.57. The van der Waals surface area contributed by atoms with Gasteiger partial charge in [0.1, 0.15) is 0 Å². The predicted molar refractivity (Wildman–Crippen MR) is 83.6 cm³/mol. The molecule has 0 bridgehead atoms. The fourth-order valence-corrected chi connectivity index (χ4v) is 3.07. The van der Waals surface area contributed by atoms with E-state index in [4.69, 9.17) is 4.74 Å². The molecule has 2 aromatic rings. The molecule has 2 aromatic carbocycles. The van der Waals surface area contributed by atoms with Crippen LogP contribution in [0.4, 0.5) is 0 Å². The molecule has 3 heteroatoms. The largest absolute Gasteiger partial charge is 0.504 e. The van der Waals surface area contributed by atoms with Gasteiger partial charge in [0, 0.05) is 18.2 Å². The highest BCUT2D eigenvalue weighted by Gasteiger charge is 2.19. The fraction of sp³-hybridized carbons (Fsp3) is 0.333. The molecule has 0 heterocycles. The van der Waals surface area contributed by atoms with Crippen LogP contribution in [0, 0.1) is 0 Å². The third-order valence-electron chi connectivity index (χ3n) is 4.21. The Kier molecular flexibility index (Phi) is 4.11. The van der Waals surface area contributed by atoms with Gasteiger partial charge in [0.2, 0.25) is 0 Å². The van der Waals surface area contributed by atoms with Gasteiger partial charge in [-0.05, 0) is 36.5 Å². The van der Waals surface area contributed by atoms with E-state index in [-0.39, 0.29) is 5.75 Å². The van der Waals surface area contributed by atoms with Crippen LogP contribution in [-0.4, -0.2) is 12.2 Å². The van der Waals surface area contributed by atoms with Crippen molar-refractivity contribution < 1.29 is 9.84 Å². The van der Waals surface area contributed by atoms with Gasteiger partial charge in [-0.2, -0.15) is 0 Å². The number of nitrogens with one attached hydrogen (secondary N) is 1. The first-order valence-electron chi connectivity index (χ1n) is 7.45. The summed E-state index contributed by atoms with van der Waals surface area (Å²) in [6.45, 7) is 0.641. The first-order valence-corrected chi connectivity index (χ1v) is 7.45. The molecule has 0 saturated carbocycles. The summed E-state index contributed by atoms with van der Waals surface area (Å²) in [5, 5.41) is 13.7. The molecule has 0 amide bonds. The lowest BCUT2D eigenvalue weighted by atomic mass is 9.87. The second-order valence-electron chi connectivity index (χ2n) is 5.49. The quantitative estimate of drug-likeness (QED) is 0.901. The van der Waals surface area contributed by atoms with E-state index in [1.165, 1.54) is 24.0 Å². The summed E-state index contributed by atoms with van der Waals surface area (Å²) < 4.78 is 5.16. The molecular formula is C18H21NO2. The minimum atomic E-state index is 0.233. The molecule has 0 radical (unpaired) electrons. The molecule has 21 heavy (non-hydrogen) atoms. The normalized spacial score (nSPS) is 17.3. The molecule has 0 aromatic heterocycles. The summed E-state index contributed by atoms with van der Waals surface area (Å²) in [6.07, 6.45) is 3.51. The molecular weight excluding hydrogens is 262 g/mol. The molecule has 0 aliphatic heterocycles. The Morgan fingerprint density at radius 3 is 2.90 bits per heavy atom. The van der Waals surface area contributed by atoms with E-state index in [9.17, 15) is 5.11 Å². The maximum absolute atomic E-state index is 10.1. The topological polar surface area (TPSA) is 41.5 Å². The number of phenolic OH excluding ortho intramolecular Hbond substituents is 1. The molecule has 1 unspecified atom stereocenters. The van der Waals surface area contributed by atoms with E-state index in [1.54, 1.807) is 13.2 Å². The van der Waals surface area contributed by atoms with Crippen LogP contribution in [0.15, 0.2) is 42.5 Å². The van der Waals surface area contributed by atoms with Crippen molar-refractivity contribution in [3.05, 3.63) is 59.2 Å². The Balaban J connectivity index is 1.75. The summed E-state index contributed by atoms with van der Waals surface area (Å²) >= 11 is 0. The van der Waals surface area contributed by atoms with Crippen LogP contribution in [0.2, 0.25) is 0 Å². The summed E-state index contributed by atoms with van der Waals surface area (Å²) in [6, 6.07) is 14.6. The Morgan fingerprint density at radius 2 is 2.05 bits per heavy atom. The lowest BCUT2D eigenvalue weighted by Gasteiger charge is -2.26. The highest BCUT2D eigenvalue weighted by Crippen LogP contribution is 2.32. The molecule has 3 nitrogen and oxygen atoms in total. The second-order valence-corrected chi connectivity index (χ2v) is 5.49. The van der Waals surface area contributed by atoms with Crippen molar-refractivity contribution in [3.63, 3.8) is 0 Å². The number of ether oxygens (including phenoxy) is 1. The lowest BCUT2D eigenvalue weighted by molar-refractivity contribution is 0.367. The van der Waals surface area contributed by atoms with Crippen LogP contribution < -0.4 is 10.1 Å². The third kappa shape index (κ3) is 2.88. The minimum Gasteiger partial charge on any atom is -0.504 e. The number of rotatable bonds is 4. The molecule has 110 valence electrons. The zero-order valence-corrected chi connectivity index (χ0v) is 12.3. The van der Waals surface area contributed by atoms with Crippen molar-refractivity contribution in [1.82, 2.24) is 5.32 Å². The van der Waals surface area contributed by atoms with Crippen molar-refractivity contribution in [3.8, 4) is 11.5 Å². The Hall–Kier alpha value is -2.00. The van der Waals surface area contributed by atoms with Crippen LogP contribution in [0.5, 0.6) is 11.5 Å². The summed E-state index contributed by atoms with van der Waals surface area (Å²) in [5.41, 5.74) is 3.71. The summed E-state index contributed by atoms with van der Waals surface area (Å²) in [4.78, 5) is 0. The average molecular weight is 283 g/mol. The van der Waals surface area contributed by atoms with Gasteiger partial charge in [-0.15, -0.1) is 0 Å². The number of hydrogen-bond acceptors (Lipinski definition) is 3. The monoisotopic (exact) mass is 283 g/mol. The first kappa shape index (κ1) is 14.0. The van der Waals surface area contributed by atoms with Gasteiger partial charge < -0.3 is 15.2 Å². The molecule has 1 aliphatic carbocycles. The highest BCUT2D eigenvalue weighted by molar-refractivity contribution is 5.45. The Morgan fingerprint density at radius 1 is 1.19 bits per heavy atom. The fourth-order valence-electron chi connectivity index (χ4n) is 3.07. The number of aryl methyl sites for hydroxylation is 1. The van der Waals surface area contributed by atoms with Crippen LogP contribution in [0.3, 0.4) is 0 Å². The maximum atomic E-state index is 10.1. The van der Waals surface area contributed by atoms with Crippen LogP contribution >= 0.6 is 0 Å². The van der Waals surface area contributed by atoms with E-state index in [0.29, 0.717) is 18.3 Å². The van der Waals surface area contributed by atoms with Gasteiger partial charge in [0.25, 0.3) is 0 Å². The van der Waals surface area contributed by atoms with Gasteiger partial charge in [0.15, 0.2) is 11.5 Å². The van der Waals surface area contributed by atoms with E-state index < -0.39 is 0 Å². The van der Waals surface area contributed by atoms with Gasteiger partial charge in [-0.1, -0.05) is 36.4 Å². The maximum Gasteiger partial charge on any atom is 0.162 e. The van der Waals surface area contributed by atoms with Crippen molar-refractivity contribution in [1.29, 1.82) is 0 Å². The molecule has 1 atom stereocenters. The van der Waals surface area contributed by atoms with Crippen molar-refractivity contribution >= 4 is 0 Å².